The molecule has 6 heterocycles. The number of anilines is 2. The molecule has 0 saturated carbocycles. The van der Waals surface area contributed by atoms with Crippen LogP contribution in [0.15, 0.2) is 77.6 Å². The fraction of sp³-hybridized carbons (Fsp3) is 0.519. The molecule has 3 aliphatic rings. The maximum absolute atomic E-state index is 14.2. The summed E-state index contributed by atoms with van der Waals surface area (Å²) in [5.74, 6) is -8.20. The Hall–Kier alpha value is -10.6. The zero-order valence-corrected chi connectivity index (χ0v) is 66.2. The average Bonchev–Trinajstić information content (AvgIpc) is 1.55. The fourth-order valence-electron chi connectivity index (χ4n) is 13.4. The second kappa shape index (κ2) is 41.3. The average molecular weight is 1620 g/mol. The van der Waals surface area contributed by atoms with Gasteiger partial charge < -0.3 is 114 Å². The highest BCUT2D eigenvalue weighted by Gasteiger charge is 2.49. The highest BCUT2D eigenvalue weighted by atomic mass is 16.7. The number of hydrazine groups is 1. The van der Waals surface area contributed by atoms with Crippen LogP contribution in [-0.4, -0.2) is 249 Å². The number of para-hydroxylation sites is 1. The van der Waals surface area contributed by atoms with Crippen molar-refractivity contribution in [1.29, 1.82) is 0 Å². The van der Waals surface area contributed by atoms with Gasteiger partial charge in [-0.25, -0.2) is 24.4 Å². The van der Waals surface area contributed by atoms with E-state index in [0.717, 1.165) is 27.5 Å². The number of hydrogen-bond donors (Lipinski definition) is 13. The number of aliphatic hydroxyl groups is 4. The number of nitrogens with one attached hydrogen (secondary N) is 7. The highest BCUT2D eigenvalue weighted by molar-refractivity contribution is 6.00. The van der Waals surface area contributed by atoms with Crippen LogP contribution in [0.1, 0.15) is 114 Å². The zero-order valence-electron chi connectivity index (χ0n) is 66.2. The summed E-state index contributed by atoms with van der Waals surface area (Å²) in [7, 11) is 5.71. The van der Waals surface area contributed by atoms with Gasteiger partial charge in [0.05, 0.1) is 94.1 Å². The van der Waals surface area contributed by atoms with Crippen LogP contribution in [0.4, 0.5) is 16.2 Å². The third-order valence-electron chi connectivity index (χ3n) is 20.1. The second-order valence-electron chi connectivity index (χ2n) is 29.0. The number of carbonyl (C=O) groups is 10. The number of carbonyl (C=O) groups excluding carboxylic acids is 8. The Morgan fingerprint density at radius 2 is 1.41 bits per heavy atom. The molecule has 1 fully saturated rings. The lowest BCUT2D eigenvalue weighted by atomic mass is 9.86. The lowest BCUT2D eigenvalue weighted by Crippen LogP contribution is -2.61. The molecule has 0 bridgehead atoms. The maximum Gasteiger partial charge on any atom is 0.410 e. The lowest BCUT2D eigenvalue weighted by molar-refractivity contribution is -0.271. The number of hydrogen-bond acceptors (Lipinski definition) is 26. The van der Waals surface area contributed by atoms with Crippen LogP contribution in [0.25, 0.3) is 33.2 Å². The number of pyridine rings is 2. The van der Waals surface area contributed by atoms with Gasteiger partial charge in [-0.15, -0.1) is 0 Å². The minimum Gasteiger partial charge on any atom is -0.481 e. The molecule has 0 aliphatic carbocycles. The van der Waals surface area contributed by atoms with Gasteiger partial charge >= 0.3 is 24.0 Å². The van der Waals surface area contributed by atoms with E-state index in [2.05, 4.69) is 41.9 Å². The number of carboxylic acids is 2. The lowest BCUT2D eigenvalue weighted by Gasteiger charge is -2.38. The van der Waals surface area contributed by atoms with E-state index in [1.165, 1.54) is 34.6 Å². The SMILES string of the molecule is CC[C@@]1(O)C(=O)OCc2c1cc1n(c2=O)Cc2c-1nc1ccccc1c2CCN(C(=O)OCc1ccc(NC(=O)[C@H](C)NC(=O)[C@@H](NC(=O)CCOCCOCCOCCOCCNC(=O)[C@H](CCC(=O)O)NC(=O)CCC(=O)Nc2ccc3c(c2)cc(CN(C)NC)n3C)C(C)C)c(O[C@@H]2O[C@H](C(=O)O)[C@@H](O)[C@H](O)[C@H]2O)c1)C(C)C. The summed E-state index contributed by atoms with van der Waals surface area (Å²) >= 11 is 0. The van der Waals surface area contributed by atoms with Crippen LogP contribution in [0.2, 0.25) is 0 Å². The summed E-state index contributed by atoms with van der Waals surface area (Å²) < 4.78 is 48.3. The fourth-order valence-corrected chi connectivity index (χ4v) is 13.4. The van der Waals surface area contributed by atoms with E-state index in [1.807, 2.05) is 68.6 Å². The number of esters is 1. The van der Waals surface area contributed by atoms with Crippen molar-refractivity contribution < 1.29 is 116 Å². The molecule has 0 radical (unpaired) electrons. The molecule has 6 aromatic rings. The number of aryl methyl sites for hydroxylation is 1. The molecule has 9 atom stereocenters. The van der Waals surface area contributed by atoms with E-state index in [4.69, 9.17) is 42.9 Å². The molecule has 7 amide bonds. The van der Waals surface area contributed by atoms with Crippen LogP contribution >= 0.6 is 0 Å². The molecule has 37 heteroatoms. The summed E-state index contributed by atoms with van der Waals surface area (Å²) in [6.45, 7) is 11.2. The Labute approximate surface area is 667 Å². The van der Waals surface area contributed by atoms with Gasteiger partial charge in [-0.2, -0.15) is 0 Å². The number of amides is 7. The summed E-state index contributed by atoms with van der Waals surface area (Å²) in [6, 6.07) is 16.6. The molecule has 13 N–H and O–H groups in total. The van der Waals surface area contributed by atoms with Crippen molar-refractivity contribution in [3.63, 3.8) is 0 Å². The summed E-state index contributed by atoms with van der Waals surface area (Å²) in [4.78, 5) is 151. The van der Waals surface area contributed by atoms with Crippen molar-refractivity contribution >= 4 is 92.6 Å². The van der Waals surface area contributed by atoms with Crippen molar-refractivity contribution in [2.24, 2.45) is 13.0 Å². The number of aromatic nitrogens is 3. The van der Waals surface area contributed by atoms with E-state index in [-0.39, 0.29) is 146 Å². The van der Waals surface area contributed by atoms with E-state index in [9.17, 15) is 83.4 Å². The van der Waals surface area contributed by atoms with Gasteiger partial charge in [0.2, 0.25) is 41.7 Å². The first-order chi connectivity index (χ1) is 55.3. The van der Waals surface area contributed by atoms with Gasteiger partial charge in [-0.3, -0.25) is 43.8 Å². The second-order valence-corrected chi connectivity index (χ2v) is 29.0. The van der Waals surface area contributed by atoms with Gasteiger partial charge in [-0.1, -0.05) is 45.0 Å². The normalized spacial score (nSPS) is 18.3. The Morgan fingerprint density at radius 1 is 0.733 bits per heavy atom. The van der Waals surface area contributed by atoms with Gasteiger partial charge in [0, 0.05) is 97.7 Å². The smallest absolute Gasteiger partial charge is 0.410 e. The van der Waals surface area contributed by atoms with Crippen LogP contribution in [0, 0.1) is 5.92 Å². The number of cyclic esters (lactones) is 1. The molecule has 3 aromatic carbocycles. The number of benzene rings is 3. The number of rotatable bonds is 43. The molecule has 9 rings (SSSR count). The van der Waals surface area contributed by atoms with Gasteiger partial charge in [0.15, 0.2) is 11.7 Å². The van der Waals surface area contributed by atoms with Crippen LogP contribution in [0.5, 0.6) is 5.75 Å². The van der Waals surface area contributed by atoms with Crippen molar-refractivity contribution in [1.82, 2.24) is 50.7 Å². The van der Waals surface area contributed by atoms with Crippen LogP contribution < -0.4 is 47.6 Å². The largest absolute Gasteiger partial charge is 0.481 e. The van der Waals surface area contributed by atoms with Crippen molar-refractivity contribution in [3.8, 4) is 17.1 Å². The van der Waals surface area contributed by atoms with E-state index in [1.54, 1.807) is 46.8 Å². The first-order valence-corrected chi connectivity index (χ1v) is 38.3. The number of nitrogens with zero attached hydrogens (tertiary/aromatic N) is 5. The maximum atomic E-state index is 14.2. The van der Waals surface area contributed by atoms with Crippen LogP contribution in [-0.2, 0) is 122 Å². The third-order valence-corrected chi connectivity index (χ3v) is 20.1. The zero-order chi connectivity index (χ0) is 84.2. The van der Waals surface area contributed by atoms with Crippen LogP contribution in [0.3, 0.4) is 0 Å². The molecule has 0 unspecified atom stereocenters. The van der Waals surface area contributed by atoms with Gasteiger partial charge in [0.1, 0.15) is 55.4 Å². The standard InChI is InChI=1S/C79H104N12O25/c1-10-79(108)54-38-59-66-52(40-91(59)74(103)53(54)42-113-77(79)106)50(51-13-11-12-14-55(51)85-66)23-26-90(44(4)5)78(107)114-41-46-15-17-56(60(35-46)115-76-69(99)67(97)68(98)70(116-76)75(104)105)86-71(100)45(6)82-73(102)65(43(2)3)87-63(94)24-27-109-29-31-111-33-34-112-32-30-110-28-25-81-72(101)57(18-22-64(95)96)84-62(93)21-20-61(92)83-48-16-19-58-47(36-48)37-49(89(58)9)39-88(8)80-7/h11-17,19,35-38,43-45,57,65,67-70,76,80,97-99,108H,10,18,20-34,39-42H2,1-9H3,(H,81,101)(H,82,102)(H,83,92)(H,84,93)(H,86,100)(H,87,94)(H,95,96)(H,104,105)/t45-,57-,65-,67-,68-,69+,70-,76+,79-/m0/s1. The number of aliphatic hydroxyl groups excluding tert-OH is 3. The molecule has 116 heavy (non-hydrogen) atoms. The first-order valence-electron chi connectivity index (χ1n) is 38.3. The third kappa shape index (κ3) is 22.7. The molecule has 3 aromatic heterocycles. The minimum absolute atomic E-state index is 0.0345. The monoisotopic (exact) mass is 1620 g/mol. The quantitative estimate of drug-likeness (QED) is 0.0147. The highest BCUT2D eigenvalue weighted by Crippen LogP contribution is 2.41. The molecule has 3 aliphatic heterocycles. The molecule has 37 nitrogen and oxygen atoms in total. The van der Waals surface area contributed by atoms with E-state index in [0.29, 0.717) is 34.7 Å². The predicted octanol–water partition coefficient (Wildman–Crippen LogP) is 1.92. The summed E-state index contributed by atoms with van der Waals surface area (Å²) in [6.07, 6.45) is -11.9. The number of ether oxygens (including phenoxy) is 8. The van der Waals surface area contributed by atoms with E-state index >= 15 is 0 Å². The van der Waals surface area contributed by atoms with Crippen molar-refractivity contribution in [2.45, 2.75) is 173 Å². The van der Waals surface area contributed by atoms with Crippen molar-refractivity contribution in [3.05, 3.63) is 117 Å². The number of fused-ring (bicyclic) bond motifs is 6. The molecule has 0 spiro atoms. The Kier molecular flexibility index (Phi) is 31.8. The van der Waals surface area contributed by atoms with Crippen molar-refractivity contribution in [2.75, 3.05) is 90.7 Å². The Bertz CT molecular complexity index is 4610. The van der Waals surface area contributed by atoms with Gasteiger partial charge in [0.25, 0.3) is 5.56 Å². The Balaban J connectivity index is 0.685. The summed E-state index contributed by atoms with van der Waals surface area (Å²) in [5, 5.41) is 82.1. The minimum atomic E-state index is -2.08. The molecular formula is C79H104N12O25. The first kappa shape index (κ1) is 89.4. The molecule has 1 saturated heterocycles. The molecular weight excluding hydrogens is 1520 g/mol. The predicted molar refractivity (Wildman–Crippen MR) is 416 cm³/mol. The molecule has 630 valence electrons. The topological polar surface area (TPSA) is 496 Å². The Morgan fingerprint density at radius 3 is 2.09 bits per heavy atom. The van der Waals surface area contributed by atoms with E-state index < -0.39 is 144 Å². The summed E-state index contributed by atoms with van der Waals surface area (Å²) in [5.41, 5.74) is 6.60. The number of aliphatic carboxylic acids is 2. The number of carboxylic acid groups (broad SMARTS) is 2. The van der Waals surface area contributed by atoms with Gasteiger partial charge in [-0.05, 0) is 113 Å².